The maximum absolute atomic E-state index is 12.8. The minimum atomic E-state index is 0.143. The van der Waals surface area contributed by atoms with Gasteiger partial charge in [0.2, 0.25) is 5.91 Å². The van der Waals surface area contributed by atoms with Gasteiger partial charge in [-0.15, -0.1) is 11.3 Å². The van der Waals surface area contributed by atoms with E-state index < -0.39 is 0 Å². The first-order chi connectivity index (χ1) is 12.0. The molecule has 1 aliphatic heterocycles. The van der Waals surface area contributed by atoms with E-state index in [0.29, 0.717) is 5.75 Å². The molecule has 0 saturated carbocycles. The van der Waals surface area contributed by atoms with E-state index in [1.807, 2.05) is 30.0 Å². The van der Waals surface area contributed by atoms with Crippen LogP contribution in [0.15, 0.2) is 29.3 Å². The van der Waals surface area contributed by atoms with Gasteiger partial charge in [0.05, 0.1) is 5.75 Å². The second-order valence-electron chi connectivity index (χ2n) is 6.25. The number of thioether (sulfide) groups is 1. The Morgan fingerprint density at radius 3 is 2.88 bits per heavy atom. The molecular formula is C19H19N3OS2. The zero-order chi connectivity index (χ0) is 17.6. The summed E-state index contributed by atoms with van der Waals surface area (Å²) >= 11 is 3.22. The zero-order valence-electron chi connectivity index (χ0n) is 14.5. The fourth-order valence-electron chi connectivity index (χ4n) is 3.22. The molecule has 1 amide bonds. The van der Waals surface area contributed by atoms with Crippen molar-refractivity contribution in [2.24, 2.45) is 0 Å². The molecule has 0 saturated heterocycles. The molecule has 2 aromatic heterocycles. The van der Waals surface area contributed by atoms with E-state index in [1.54, 1.807) is 11.3 Å². The minimum absolute atomic E-state index is 0.143. The van der Waals surface area contributed by atoms with Gasteiger partial charge in [0.25, 0.3) is 0 Å². The number of carbonyl (C=O) groups is 1. The molecule has 0 spiro atoms. The molecule has 0 N–H and O–H groups in total. The lowest BCUT2D eigenvalue weighted by Gasteiger charge is -2.17. The first kappa shape index (κ1) is 16.5. The van der Waals surface area contributed by atoms with Crippen LogP contribution in [0.2, 0.25) is 0 Å². The van der Waals surface area contributed by atoms with Crippen LogP contribution in [0, 0.1) is 20.8 Å². The van der Waals surface area contributed by atoms with Crippen molar-refractivity contribution in [3.05, 3.63) is 46.1 Å². The van der Waals surface area contributed by atoms with Gasteiger partial charge in [0.1, 0.15) is 15.7 Å². The third-order valence-corrected chi connectivity index (χ3v) is 6.69. The highest BCUT2D eigenvalue weighted by molar-refractivity contribution is 8.00. The Hall–Kier alpha value is -1.92. The molecule has 0 atom stereocenters. The molecule has 1 aromatic carbocycles. The molecule has 6 heteroatoms. The molecule has 0 bridgehead atoms. The van der Waals surface area contributed by atoms with Crippen molar-refractivity contribution in [3.63, 3.8) is 0 Å². The van der Waals surface area contributed by atoms with Gasteiger partial charge in [-0.05, 0) is 44.4 Å². The van der Waals surface area contributed by atoms with Crippen LogP contribution >= 0.6 is 23.1 Å². The summed E-state index contributed by atoms with van der Waals surface area (Å²) in [5.74, 6) is 1.30. The third kappa shape index (κ3) is 2.93. The highest BCUT2D eigenvalue weighted by Crippen LogP contribution is 2.35. The van der Waals surface area contributed by atoms with Crippen LogP contribution in [-0.4, -0.2) is 28.2 Å². The molecule has 3 aromatic rings. The van der Waals surface area contributed by atoms with Crippen molar-refractivity contribution in [1.29, 1.82) is 0 Å². The van der Waals surface area contributed by atoms with Gasteiger partial charge in [0, 0.05) is 22.5 Å². The summed E-state index contributed by atoms with van der Waals surface area (Å²) in [7, 11) is 0. The predicted octanol–water partition coefficient (Wildman–Crippen LogP) is 4.30. The molecule has 0 fully saturated rings. The molecule has 128 valence electrons. The predicted molar refractivity (Wildman–Crippen MR) is 105 cm³/mol. The van der Waals surface area contributed by atoms with Crippen LogP contribution in [0.1, 0.15) is 21.8 Å². The summed E-state index contributed by atoms with van der Waals surface area (Å²) in [6, 6.07) is 8.16. The smallest absolute Gasteiger partial charge is 0.237 e. The Morgan fingerprint density at radius 1 is 1.24 bits per heavy atom. The molecule has 0 aliphatic carbocycles. The van der Waals surface area contributed by atoms with Gasteiger partial charge in [0.15, 0.2) is 0 Å². The van der Waals surface area contributed by atoms with Crippen molar-refractivity contribution < 1.29 is 4.79 Å². The maximum atomic E-state index is 12.8. The number of carbonyl (C=O) groups excluding carboxylic acids is 1. The lowest BCUT2D eigenvalue weighted by atomic mass is 10.2. The molecule has 4 rings (SSSR count). The van der Waals surface area contributed by atoms with Gasteiger partial charge in [-0.25, -0.2) is 9.97 Å². The number of aryl methyl sites for hydroxylation is 3. The average Bonchev–Trinajstić information content (AvgIpc) is 3.14. The van der Waals surface area contributed by atoms with E-state index in [1.165, 1.54) is 27.8 Å². The first-order valence-electron chi connectivity index (χ1n) is 8.30. The molecular weight excluding hydrogens is 350 g/mol. The van der Waals surface area contributed by atoms with Gasteiger partial charge in [-0.1, -0.05) is 30.0 Å². The number of benzene rings is 1. The number of hydrogen-bond donors (Lipinski definition) is 0. The number of anilines is 1. The van der Waals surface area contributed by atoms with E-state index >= 15 is 0 Å². The van der Waals surface area contributed by atoms with Gasteiger partial charge >= 0.3 is 0 Å². The summed E-state index contributed by atoms with van der Waals surface area (Å²) < 4.78 is 0. The lowest BCUT2D eigenvalue weighted by molar-refractivity contribution is -0.116. The average molecular weight is 370 g/mol. The number of aromatic nitrogens is 2. The SMILES string of the molecule is Cc1nc(SCC(=O)N2CCc3ccccc32)c2c(C)c(C)sc2n1. The van der Waals surface area contributed by atoms with E-state index in [0.717, 1.165) is 39.7 Å². The second kappa shape index (κ2) is 6.42. The Bertz CT molecular complexity index is 980. The monoisotopic (exact) mass is 369 g/mol. The van der Waals surface area contributed by atoms with Crippen LogP contribution in [0.4, 0.5) is 5.69 Å². The van der Waals surface area contributed by atoms with Crippen LogP contribution in [0.3, 0.4) is 0 Å². The first-order valence-corrected chi connectivity index (χ1v) is 10.1. The highest BCUT2D eigenvalue weighted by Gasteiger charge is 2.24. The summed E-state index contributed by atoms with van der Waals surface area (Å²) in [6.07, 6.45) is 0.937. The van der Waals surface area contributed by atoms with Crippen molar-refractivity contribution in [1.82, 2.24) is 9.97 Å². The van der Waals surface area contributed by atoms with Gasteiger partial charge in [-0.3, -0.25) is 4.79 Å². The maximum Gasteiger partial charge on any atom is 0.237 e. The second-order valence-corrected chi connectivity index (χ2v) is 8.42. The summed E-state index contributed by atoms with van der Waals surface area (Å²) in [6.45, 7) is 6.90. The fraction of sp³-hybridized carbons (Fsp3) is 0.316. The Morgan fingerprint density at radius 2 is 2.04 bits per heavy atom. The number of thiophene rings is 1. The van der Waals surface area contributed by atoms with Crippen molar-refractivity contribution >= 4 is 44.9 Å². The quantitative estimate of drug-likeness (QED) is 0.510. The topological polar surface area (TPSA) is 46.1 Å². The number of fused-ring (bicyclic) bond motifs is 2. The molecule has 1 aliphatic rings. The van der Waals surface area contributed by atoms with E-state index in [4.69, 9.17) is 0 Å². The van der Waals surface area contributed by atoms with E-state index in [-0.39, 0.29) is 5.91 Å². The minimum Gasteiger partial charge on any atom is -0.311 e. The van der Waals surface area contributed by atoms with Crippen LogP contribution in [0.25, 0.3) is 10.2 Å². The lowest BCUT2D eigenvalue weighted by Crippen LogP contribution is -2.30. The largest absolute Gasteiger partial charge is 0.311 e. The normalized spacial score (nSPS) is 13.5. The number of rotatable bonds is 3. The number of nitrogens with zero attached hydrogens (tertiary/aromatic N) is 3. The Kier molecular flexibility index (Phi) is 4.25. The Balaban J connectivity index is 1.58. The highest BCUT2D eigenvalue weighted by atomic mass is 32.2. The van der Waals surface area contributed by atoms with Gasteiger partial charge < -0.3 is 4.90 Å². The van der Waals surface area contributed by atoms with Crippen LogP contribution in [-0.2, 0) is 11.2 Å². The zero-order valence-corrected chi connectivity index (χ0v) is 16.1. The van der Waals surface area contributed by atoms with Crippen molar-refractivity contribution in [3.8, 4) is 0 Å². The standard InChI is InChI=1S/C19H19N3OS2/c1-11-12(2)25-19-17(11)18(20-13(3)21-19)24-10-16(23)22-9-8-14-6-4-5-7-15(14)22/h4-7H,8-10H2,1-3H3. The number of amides is 1. The van der Waals surface area contributed by atoms with E-state index in [9.17, 15) is 4.79 Å². The molecule has 4 nitrogen and oxygen atoms in total. The summed E-state index contributed by atoms with van der Waals surface area (Å²) in [5.41, 5.74) is 3.53. The molecule has 25 heavy (non-hydrogen) atoms. The number of hydrogen-bond acceptors (Lipinski definition) is 5. The molecule has 3 heterocycles. The third-order valence-electron chi connectivity index (χ3n) is 4.63. The van der Waals surface area contributed by atoms with Crippen LogP contribution < -0.4 is 4.90 Å². The van der Waals surface area contributed by atoms with E-state index in [2.05, 4.69) is 29.9 Å². The molecule has 0 radical (unpaired) electrons. The van der Waals surface area contributed by atoms with Crippen LogP contribution in [0.5, 0.6) is 0 Å². The fourth-order valence-corrected chi connectivity index (χ4v) is 5.37. The number of para-hydroxylation sites is 1. The van der Waals surface area contributed by atoms with Crippen molar-refractivity contribution in [2.45, 2.75) is 32.2 Å². The molecule has 0 unspecified atom stereocenters. The van der Waals surface area contributed by atoms with Crippen molar-refractivity contribution in [2.75, 3.05) is 17.2 Å². The summed E-state index contributed by atoms with van der Waals surface area (Å²) in [5, 5.41) is 2.03. The summed E-state index contributed by atoms with van der Waals surface area (Å²) in [4.78, 5) is 26.1. The Labute approximate surface area is 155 Å². The van der Waals surface area contributed by atoms with Gasteiger partial charge in [-0.2, -0.15) is 0 Å².